The van der Waals surface area contributed by atoms with Crippen LogP contribution < -0.4 is 29.7 Å². The number of fused-ring (bicyclic) bond motifs is 2. The van der Waals surface area contributed by atoms with Crippen molar-refractivity contribution in [1.82, 2.24) is 25.6 Å². The van der Waals surface area contributed by atoms with Gasteiger partial charge in [-0.1, -0.05) is 0 Å². The van der Waals surface area contributed by atoms with E-state index in [2.05, 4.69) is 30.5 Å². The maximum Gasteiger partial charge on any atom is 0.213 e. The van der Waals surface area contributed by atoms with Crippen LogP contribution in [0.15, 0.2) is 36.7 Å². The molecule has 0 aliphatic carbocycles. The Kier molecular flexibility index (Phi) is 7.64. The molecule has 2 aliphatic heterocycles. The van der Waals surface area contributed by atoms with Crippen LogP contribution in [0.25, 0.3) is 11.0 Å². The van der Waals surface area contributed by atoms with E-state index in [0.29, 0.717) is 31.7 Å². The van der Waals surface area contributed by atoms with Gasteiger partial charge in [0.1, 0.15) is 18.7 Å². The minimum atomic E-state index is 0. The molecule has 176 valence electrons. The Morgan fingerprint density at radius 1 is 1.12 bits per heavy atom. The summed E-state index contributed by atoms with van der Waals surface area (Å²) in [5.41, 5.74) is 3.84. The van der Waals surface area contributed by atoms with Gasteiger partial charge in [-0.15, -0.1) is 12.4 Å². The number of methoxy groups -OCH3 is 1. The Balaban J connectivity index is 0.00000259. The fraction of sp³-hybridized carbons (Fsp3) is 0.435. The summed E-state index contributed by atoms with van der Waals surface area (Å²) in [6.07, 6.45) is 4.68. The van der Waals surface area contributed by atoms with Crippen molar-refractivity contribution in [3.63, 3.8) is 0 Å². The summed E-state index contributed by atoms with van der Waals surface area (Å²) in [4.78, 5) is 15.9. The summed E-state index contributed by atoms with van der Waals surface area (Å²) < 4.78 is 16.4. The minimum absolute atomic E-state index is 0. The van der Waals surface area contributed by atoms with Crippen molar-refractivity contribution in [3.05, 3.63) is 42.4 Å². The van der Waals surface area contributed by atoms with Crippen molar-refractivity contribution in [2.24, 2.45) is 0 Å². The second kappa shape index (κ2) is 10.8. The Hall–Kier alpha value is -2.88. The molecule has 0 bridgehead atoms. The lowest BCUT2D eigenvalue weighted by Crippen LogP contribution is -2.37. The number of nitrogens with zero attached hydrogens (tertiary/aromatic N) is 4. The van der Waals surface area contributed by atoms with Crippen LogP contribution in [0.2, 0.25) is 0 Å². The predicted molar refractivity (Wildman–Crippen MR) is 129 cm³/mol. The van der Waals surface area contributed by atoms with Gasteiger partial charge in [-0.2, -0.15) is 0 Å². The van der Waals surface area contributed by atoms with Crippen molar-refractivity contribution in [2.75, 3.05) is 51.4 Å². The summed E-state index contributed by atoms with van der Waals surface area (Å²) in [6, 6.07) is 8.24. The van der Waals surface area contributed by atoms with E-state index < -0.39 is 0 Å². The van der Waals surface area contributed by atoms with Gasteiger partial charge >= 0.3 is 0 Å². The predicted octanol–water partition coefficient (Wildman–Crippen LogP) is 2.18. The topological polar surface area (TPSA) is 93.7 Å². The van der Waals surface area contributed by atoms with Crippen LogP contribution in [0.3, 0.4) is 0 Å². The van der Waals surface area contributed by atoms with Gasteiger partial charge in [-0.3, -0.25) is 9.97 Å². The Morgan fingerprint density at radius 2 is 2.00 bits per heavy atom. The number of pyridine rings is 3. The quantitative estimate of drug-likeness (QED) is 0.478. The zero-order chi connectivity index (χ0) is 21.8. The molecule has 0 saturated carbocycles. The monoisotopic (exact) mass is 472 g/mol. The molecular weight excluding hydrogens is 444 g/mol. The van der Waals surface area contributed by atoms with Gasteiger partial charge in [0.2, 0.25) is 5.88 Å². The lowest BCUT2D eigenvalue weighted by molar-refractivity contribution is 0.170. The van der Waals surface area contributed by atoms with Crippen LogP contribution in [0.5, 0.6) is 17.4 Å². The number of hydrogen-bond acceptors (Lipinski definition) is 9. The van der Waals surface area contributed by atoms with Gasteiger partial charge in [-0.05, 0) is 18.6 Å². The number of rotatable bonds is 8. The maximum absolute atomic E-state index is 5.62. The number of halogens is 1. The third-order valence-corrected chi connectivity index (χ3v) is 5.80. The molecule has 5 heterocycles. The number of nitrogens with one attached hydrogen (secondary N) is 2. The molecule has 0 spiro atoms. The molecule has 0 amide bonds. The molecular formula is C23H29ClN6O3. The minimum Gasteiger partial charge on any atom is -0.486 e. The summed E-state index contributed by atoms with van der Waals surface area (Å²) in [5.74, 6) is 2.12. The first-order valence-electron chi connectivity index (χ1n) is 11.0. The van der Waals surface area contributed by atoms with Gasteiger partial charge < -0.3 is 29.7 Å². The van der Waals surface area contributed by atoms with Gasteiger partial charge in [-0.25, -0.2) is 4.98 Å². The molecule has 10 heteroatoms. The third kappa shape index (κ3) is 5.38. The Bertz CT molecular complexity index is 1090. The highest BCUT2D eigenvalue weighted by atomic mass is 35.5. The Morgan fingerprint density at radius 3 is 2.88 bits per heavy atom. The van der Waals surface area contributed by atoms with Crippen molar-refractivity contribution in [1.29, 1.82) is 0 Å². The van der Waals surface area contributed by atoms with Gasteiger partial charge in [0, 0.05) is 57.1 Å². The maximum atomic E-state index is 5.62. The molecule has 33 heavy (non-hydrogen) atoms. The first-order chi connectivity index (χ1) is 15.8. The summed E-state index contributed by atoms with van der Waals surface area (Å²) >= 11 is 0. The van der Waals surface area contributed by atoms with Gasteiger partial charge in [0.25, 0.3) is 0 Å². The number of aromatic nitrogens is 3. The molecule has 5 rings (SSSR count). The number of hydrogen-bond donors (Lipinski definition) is 2. The van der Waals surface area contributed by atoms with Crippen molar-refractivity contribution in [3.8, 4) is 17.4 Å². The molecule has 9 nitrogen and oxygen atoms in total. The first kappa shape index (κ1) is 23.3. The average Bonchev–Trinajstić information content (AvgIpc) is 3.31. The molecule has 3 aromatic rings. The van der Waals surface area contributed by atoms with Crippen LogP contribution in [0.1, 0.15) is 12.1 Å². The molecule has 1 saturated heterocycles. The summed E-state index contributed by atoms with van der Waals surface area (Å²) in [7, 11) is 1.64. The molecule has 2 N–H and O–H groups in total. The smallest absolute Gasteiger partial charge is 0.213 e. The zero-order valence-corrected chi connectivity index (χ0v) is 19.4. The summed E-state index contributed by atoms with van der Waals surface area (Å²) in [6.45, 7) is 5.57. The second-order valence-electron chi connectivity index (χ2n) is 7.93. The van der Waals surface area contributed by atoms with E-state index in [0.717, 1.165) is 66.5 Å². The first-order valence-corrected chi connectivity index (χ1v) is 11.0. The normalized spacial score (nSPS) is 17.1. The van der Waals surface area contributed by atoms with E-state index in [1.54, 1.807) is 13.3 Å². The standard InChI is InChI=1S/C23H28N6O3.ClH/c1-30-22-3-2-18-23(28-22)19(4-6-26-18)29-9-5-16(15-29)25-8-7-24-13-17-12-20-21(14-27-17)32-11-10-31-20;/h2-4,6,12,14,16,24-25H,5,7-11,13,15H2,1H3;1H. The average molecular weight is 473 g/mol. The van der Waals surface area contributed by atoms with Crippen molar-refractivity contribution in [2.45, 2.75) is 19.0 Å². The van der Waals surface area contributed by atoms with Crippen LogP contribution in [0.4, 0.5) is 5.69 Å². The SMILES string of the molecule is COc1ccc2nccc(N3CCC(NCCNCc4cc5c(cn4)OCCO5)C3)c2n1.Cl. The molecule has 1 atom stereocenters. The third-order valence-electron chi connectivity index (χ3n) is 5.80. The van der Waals surface area contributed by atoms with Crippen molar-refractivity contribution < 1.29 is 14.2 Å². The van der Waals surface area contributed by atoms with Crippen LogP contribution in [0, 0.1) is 0 Å². The van der Waals surface area contributed by atoms with Crippen molar-refractivity contribution >= 4 is 29.1 Å². The van der Waals surface area contributed by atoms with Crippen LogP contribution >= 0.6 is 12.4 Å². The Labute approximate surface area is 199 Å². The van der Waals surface area contributed by atoms with E-state index in [1.807, 2.05) is 30.5 Å². The zero-order valence-electron chi connectivity index (χ0n) is 18.6. The van der Waals surface area contributed by atoms with Gasteiger partial charge in [0.15, 0.2) is 11.5 Å². The van der Waals surface area contributed by atoms with Crippen LogP contribution in [-0.4, -0.2) is 67.5 Å². The molecule has 1 unspecified atom stereocenters. The highest BCUT2D eigenvalue weighted by Gasteiger charge is 2.24. The lowest BCUT2D eigenvalue weighted by Gasteiger charge is -2.20. The fourth-order valence-corrected chi connectivity index (χ4v) is 4.18. The van der Waals surface area contributed by atoms with E-state index >= 15 is 0 Å². The lowest BCUT2D eigenvalue weighted by atomic mass is 10.2. The number of ether oxygens (including phenoxy) is 3. The molecule has 1 fully saturated rings. The fourth-order valence-electron chi connectivity index (χ4n) is 4.18. The largest absolute Gasteiger partial charge is 0.486 e. The molecule has 3 aromatic heterocycles. The molecule has 0 aromatic carbocycles. The molecule has 0 radical (unpaired) electrons. The van der Waals surface area contributed by atoms with E-state index in [1.165, 1.54) is 0 Å². The van der Waals surface area contributed by atoms with E-state index in [4.69, 9.17) is 14.2 Å². The highest BCUT2D eigenvalue weighted by Crippen LogP contribution is 2.29. The van der Waals surface area contributed by atoms with Crippen LogP contribution in [-0.2, 0) is 6.54 Å². The highest BCUT2D eigenvalue weighted by molar-refractivity contribution is 5.88. The van der Waals surface area contributed by atoms with E-state index in [-0.39, 0.29) is 12.4 Å². The van der Waals surface area contributed by atoms with Gasteiger partial charge in [0.05, 0.1) is 30.2 Å². The number of anilines is 1. The molecule has 2 aliphatic rings. The summed E-state index contributed by atoms with van der Waals surface area (Å²) in [5, 5.41) is 7.10. The second-order valence-corrected chi connectivity index (χ2v) is 7.93. The van der Waals surface area contributed by atoms with E-state index in [9.17, 15) is 0 Å².